The van der Waals surface area contributed by atoms with Gasteiger partial charge in [0.15, 0.2) is 0 Å². The van der Waals surface area contributed by atoms with Crippen LogP contribution in [-0.2, 0) is 9.36 Å². The molecule has 0 bridgehead atoms. The maximum Gasteiger partial charge on any atom is 1.00 e. The summed E-state index contributed by atoms with van der Waals surface area (Å²) in [4.78, 5) is 28.3. The Morgan fingerprint density at radius 3 is 2.32 bits per heavy atom. The number of carbonyl (C=O) groups is 1. The van der Waals surface area contributed by atoms with Gasteiger partial charge in [-0.1, -0.05) is 48.5 Å². The Morgan fingerprint density at radius 1 is 1.14 bits per heavy atom. The maximum absolute atomic E-state index is 13.7. The van der Waals surface area contributed by atoms with Gasteiger partial charge >= 0.3 is 59.1 Å². The van der Waals surface area contributed by atoms with Crippen molar-refractivity contribution in [1.29, 1.82) is 0 Å². The number of hydrogen-bond acceptors (Lipinski definition) is 6. The van der Waals surface area contributed by atoms with Crippen molar-refractivity contribution in [1.82, 2.24) is 4.98 Å². The van der Waals surface area contributed by atoms with Crippen LogP contribution in [0.5, 0.6) is 0 Å². The van der Waals surface area contributed by atoms with E-state index in [1.807, 2.05) is 37.3 Å². The molecule has 1 aromatic heterocycles. The van der Waals surface area contributed by atoms with Crippen molar-refractivity contribution >= 4 is 19.4 Å². The van der Waals surface area contributed by atoms with Crippen molar-refractivity contribution in [3.8, 4) is 22.4 Å². The van der Waals surface area contributed by atoms with Crippen LogP contribution < -0.4 is 69.1 Å². The minimum Gasteiger partial charge on any atom is -0.796 e. The Balaban J connectivity index is 0.00000241. The predicted molar refractivity (Wildman–Crippen MR) is 129 cm³/mol. The number of carbonyl (C=O) groups excluding carboxylic acids is 1. The summed E-state index contributed by atoms with van der Waals surface area (Å²) >= 11 is 0. The molecule has 0 radical (unpaired) electrons. The van der Waals surface area contributed by atoms with Crippen LogP contribution in [0.25, 0.3) is 28.5 Å². The molecule has 0 amide bonds. The van der Waals surface area contributed by atoms with E-state index in [4.69, 9.17) is 4.98 Å². The van der Waals surface area contributed by atoms with Gasteiger partial charge in [0, 0.05) is 43.0 Å². The third-order valence-electron chi connectivity index (χ3n) is 5.99. The molecule has 1 aliphatic carbocycles. The van der Waals surface area contributed by atoms with E-state index in [9.17, 15) is 28.9 Å². The van der Waals surface area contributed by atoms with Gasteiger partial charge in [-0.15, -0.1) is 0 Å². The van der Waals surface area contributed by atoms with E-state index < -0.39 is 32.0 Å². The summed E-state index contributed by atoms with van der Waals surface area (Å²) in [5.74, 6) is -0.712. The molecule has 1 heterocycles. The normalized spacial score (nSPS) is 15.4. The predicted octanol–water partition coefficient (Wildman–Crippen LogP) is -2.14. The van der Waals surface area contributed by atoms with Crippen molar-refractivity contribution in [3.05, 3.63) is 83.1 Å². The van der Waals surface area contributed by atoms with Crippen LogP contribution in [0.1, 0.15) is 42.0 Å². The third kappa shape index (κ3) is 8.43. The van der Waals surface area contributed by atoms with E-state index in [0.29, 0.717) is 5.56 Å². The summed E-state index contributed by atoms with van der Waals surface area (Å²) in [7, 11) is -4.26. The van der Waals surface area contributed by atoms with Crippen LogP contribution in [0, 0.1) is 12.7 Å². The summed E-state index contributed by atoms with van der Waals surface area (Å²) in [6.45, 7) is 1.91. The molecule has 3 aromatic rings. The van der Waals surface area contributed by atoms with E-state index in [-0.39, 0.29) is 70.8 Å². The number of aliphatic hydroxyl groups excluding tert-OH is 1. The molecule has 6 nitrogen and oxygen atoms in total. The van der Waals surface area contributed by atoms with Crippen molar-refractivity contribution in [2.75, 3.05) is 6.16 Å². The second kappa shape index (κ2) is 13.8. The molecular formula is C27H25FNNa2O5P. The number of carboxylic acid groups (broad SMARTS) is 1. The second-order valence-corrected chi connectivity index (χ2v) is 11.0. The van der Waals surface area contributed by atoms with Crippen molar-refractivity contribution in [2.45, 2.75) is 38.2 Å². The van der Waals surface area contributed by atoms with E-state index >= 15 is 0 Å². The second-order valence-electron chi connectivity index (χ2n) is 8.86. The van der Waals surface area contributed by atoms with Gasteiger partial charge in [0.1, 0.15) is 5.82 Å². The number of aromatic nitrogens is 1. The van der Waals surface area contributed by atoms with Crippen LogP contribution in [-0.4, -0.2) is 28.3 Å². The maximum atomic E-state index is 13.7. The number of aliphatic carboxylic acids is 1. The van der Waals surface area contributed by atoms with Crippen molar-refractivity contribution in [3.63, 3.8) is 0 Å². The number of carboxylic acids is 1. The molecule has 1 fully saturated rings. The van der Waals surface area contributed by atoms with Crippen LogP contribution in [0.3, 0.4) is 0 Å². The first-order chi connectivity index (χ1) is 16.6. The molecule has 0 spiro atoms. The summed E-state index contributed by atoms with van der Waals surface area (Å²) in [5, 5.41) is 20.5. The van der Waals surface area contributed by atoms with Gasteiger partial charge in [-0.25, -0.2) is 4.39 Å². The molecular weight excluding hydrogens is 514 g/mol. The molecule has 37 heavy (non-hydrogen) atoms. The number of rotatable bonds is 9. The Labute approximate surface area is 260 Å². The number of nitrogens with zero attached hydrogens (tertiary/aromatic N) is 1. The fourth-order valence-electron chi connectivity index (χ4n) is 4.21. The van der Waals surface area contributed by atoms with Crippen LogP contribution >= 0.6 is 7.37 Å². The zero-order chi connectivity index (χ0) is 25.2. The average Bonchev–Trinajstić information content (AvgIpc) is 3.63. The molecule has 182 valence electrons. The third-order valence-corrected chi connectivity index (χ3v) is 7.52. The first kappa shape index (κ1) is 32.1. The molecule has 0 aliphatic heterocycles. The summed E-state index contributed by atoms with van der Waals surface area (Å²) < 4.78 is 26.4. The zero-order valence-corrected chi connectivity index (χ0v) is 26.1. The molecule has 2 aromatic carbocycles. The Morgan fingerprint density at radius 2 is 1.76 bits per heavy atom. The molecule has 0 saturated heterocycles. The van der Waals surface area contributed by atoms with Gasteiger partial charge in [0.2, 0.25) is 0 Å². The molecule has 1 saturated carbocycles. The molecule has 4 rings (SSSR count). The van der Waals surface area contributed by atoms with Gasteiger partial charge < -0.3 is 24.5 Å². The van der Waals surface area contributed by atoms with Crippen LogP contribution in [0.4, 0.5) is 4.39 Å². The Kier molecular flexibility index (Phi) is 12.0. The molecule has 10 heteroatoms. The smallest absolute Gasteiger partial charge is 0.796 e. The van der Waals surface area contributed by atoms with Gasteiger partial charge in [0.05, 0.1) is 17.5 Å². The molecule has 2 atom stereocenters. The molecule has 1 unspecified atom stereocenters. The average molecular weight is 539 g/mol. The number of pyridine rings is 1. The van der Waals surface area contributed by atoms with Crippen molar-refractivity contribution in [2.24, 2.45) is 0 Å². The zero-order valence-electron chi connectivity index (χ0n) is 21.2. The van der Waals surface area contributed by atoms with E-state index in [1.54, 1.807) is 12.1 Å². The number of benzene rings is 2. The fourth-order valence-corrected chi connectivity index (χ4v) is 5.43. The van der Waals surface area contributed by atoms with E-state index in [1.165, 1.54) is 18.2 Å². The first-order valence-corrected chi connectivity index (χ1v) is 13.3. The van der Waals surface area contributed by atoms with E-state index in [2.05, 4.69) is 0 Å². The summed E-state index contributed by atoms with van der Waals surface area (Å²) in [5.41, 5.74) is 5.39. The number of aliphatic hydroxyl groups is 1. The summed E-state index contributed by atoms with van der Waals surface area (Å²) in [6, 6.07) is 15.7. The molecule has 1 aliphatic rings. The van der Waals surface area contributed by atoms with Crippen molar-refractivity contribution < 1.29 is 88.0 Å². The minimum absolute atomic E-state index is 0. The largest absolute Gasteiger partial charge is 1.00 e. The monoisotopic (exact) mass is 539 g/mol. The Hall–Kier alpha value is -1.12. The Bertz CT molecular complexity index is 1310. The van der Waals surface area contributed by atoms with Crippen LogP contribution in [0.2, 0.25) is 0 Å². The summed E-state index contributed by atoms with van der Waals surface area (Å²) in [6.07, 6.45) is 0.284. The quantitative estimate of drug-likeness (QED) is 0.245. The van der Waals surface area contributed by atoms with Gasteiger partial charge in [0.25, 0.3) is 0 Å². The minimum atomic E-state index is -4.26. The standard InChI is InChI=1S/C27H27FNO5P.2Na/c1-17-25(18-9-11-21(28)12-10-18)23(13-14-35(33,34)16-22(30)15-24(31)32)27(20-7-8-20)29-26(17)19-5-3-2-4-6-19;;/h2-6,9-14,20,22,30H,7-8,15-16H2,1H3,(H,31,32)(H,33,34);;/q;2*+1/p-2/b14-13+;;/t22-;;/m1../s1. The first-order valence-electron chi connectivity index (χ1n) is 11.4. The number of halogens is 1. The van der Waals surface area contributed by atoms with Gasteiger partial charge in [-0.3, -0.25) is 4.98 Å². The SMILES string of the molecule is Cc1c(-c2ccccc2)nc(C2CC2)c(/C=C/P(=O)([O-])C[C@H](O)CC(=O)[O-])c1-c1ccc(F)cc1.[Na+].[Na+]. The molecule has 1 N–H and O–H groups in total. The van der Waals surface area contributed by atoms with E-state index in [0.717, 1.165) is 52.3 Å². The fraction of sp³-hybridized carbons (Fsp3) is 0.259. The van der Waals surface area contributed by atoms with Gasteiger partial charge in [-0.2, -0.15) is 0 Å². The van der Waals surface area contributed by atoms with Crippen LogP contribution in [0.15, 0.2) is 60.4 Å². The number of hydrogen-bond donors (Lipinski definition) is 1. The van der Waals surface area contributed by atoms with Gasteiger partial charge in [-0.05, 0) is 54.4 Å². The topological polar surface area (TPSA) is 113 Å².